The van der Waals surface area contributed by atoms with Gasteiger partial charge in [-0.25, -0.2) is 0 Å². The first-order valence-corrected chi connectivity index (χ1v) is 16.2. The summed E-state index contributed by atoms with van der Waals surface area (Å²) in [5.41, 5.74) is 0.571. The van der Waals surface area contributed by atoms with Crippen LogP contribution in [-0.2, 0) is 45.1 Å². The number of amides is 3. The van der Waals surface area contributed by atoms with E-state index in [2.05, 4.69) is 15.7 Å². The molecular weight excluding hydrogens is 755 g/mol. The average molecular weight is 805 g/mol. The number of carbonyl (C=O) groups is 2. The minimum absolute atomic E-state index is 0. The number of hydrogen-bond donors (Lipinski definition) is 2. The zero-order valence-corrected chi connectivity index (χ0v) is 29.4. The van der Waals surface area contributed by atoms with E-state index in [1.54, 1.807) is 35.3 Å². The van der Waals surface area contributed by atoms with Gasteiger partial charge in [-0.2, -0.15) is 16.8 Å². The summed E-state index contributed by atoms with van der Waals surface area (Å²) in [4.78, 5) is 38.3. The van der Waals surface area contributed by atoms with E-state index in [4.69, 9.17) is 23.7 Å². The van der Waals surface area contributed by atoms with E-state index in [1.165, 1.54) is 12.5 Å². The van der Waals surface area contributed by atoms with Crippen molar-refractivity contribution in [3.05, 3.63) is 23.5 Å². The molecule has 1 saturated heterocycles. The number of nitriles is 1. The maximum absolute atomic E-state index is 13.3. The van der Waals surface area contributed by atoms with Crippen molar-refractivity contribution in [3.8, 4) is 6.07 Å². The molecule has 2 aliphatic rings. The maximum atomic E-state index is 13.3. The van der Waals surface area contributed by atoms with E-state index in [0.29, 0.717) is 104 Å². The quantitative estimate of drug-likeness (QED) is 0.0533. The summed E-state index contributed by atoms with van der Waals surface area (Å²) in [6, 6.07) is 3.78. The van der Waals surface area contributed by atoms with E-state index in [1.807, 2.05) is 6.07 Å². The molecule has 0 spiro atoms. The molecule has 1 aliphatic heterocycles. The Morgan fingerprint density at radius 2 is 1.51 bits per heavy atom. The number of aromatic nitrogens is 2. The molecule has 1 aromatic rings. The number of likely N-dealkylation sites (tertiary alicyclic amines) is 1. The minimum atomic E-state index is -0.353. The summed E-state index contributed by atoms with van der Waals surface area (Å²) in [5.74, 6) is -0.289. The van der Waals surface area contributed by atoms with Gasteiger partial charge < -0.3 is 44.0 Å². The number of nitrogens with one attached hydrogen (secondary N) is 2. The zero-order chi connectivity index (χ0) is 32.8. The molecule has 0 unspecified atom stereocenters. The molecule has 15 heteroatoms. The summed E-state index contributed by atoms with van der Waals surface area (Å²) in [7, 11) is 1.78. The van der Waals surface area contributed by atoms with E-state index in [-0.39, 0.29) is 67.8 Å². The molecule has 3 rings (SSSR count). The number of rotatable bonds is 23. The Kier molecular flexibility index (Phi) is 21.9. The Labute approximate surface area is 308 Å². The van der Waals surface area contributed by atoms with Crippen LogP contribution in [0.1, 0.15) is 37.8 Å². The van der Waals surface area contributed by atoms with E-state index in [0.717, 1.165) is 25.7 Å². The third-order valence-electron chi connectivity index (χ3n) is 8.10. The molecule has 2 fully saturated rings. The van der Waals surface area contributed by atoms with Gasteiger partial charge in [0.2, 0.25) is 5.91 Å². The molecule has 1 aliphatic carbocycles. The fourth-order valence-corrected chi connectivity index (χ4v) is 5.82. The van der Waals surface area contributed by atoms with Gasteiger partial charge in [-0.1, -0.05) is 32.1 Å². The minimum Gasteiger partial charge on any atom is -0.528 e. The summed E-state index contributed by atoms with van der Waals surface area (Å²) < 4.78 is 28.8. The standard InChI is InChI=1S/C32H49N6O8.Tb/c1-37-10-7-28(36-37)21-27(22-33)32(41)38-23-29(26-5-3-2-4-6-26)30(24-38)31(40)35-9-12-43-14-16-45-18-20-46-19-17-44-15-13-42-11-8-34-25-39;/h7,10,21,26,29-30H,2-6,8-9,11-20,23-24H2,1H3,(H,34,39)(H,35,40);/q-1;/b27-21+;/t29-,30+;/m0./s1. The topological polar surface area (TPSA) is 166 Å². The second-order valence-electron chi connectivity index (χ2n) is 11.3. The van der Waals surface area contributed by atoms with Crippen LogP contribution in [-0.4, -0.2) is 125 Å². The molecule has 47 heavy (non-hydrogen) atoms. The first-order chi connectivity index (χ1) is 22.5. The molecule has 0 aromatic carbocycles. The van der Waals surface area contributed by atoms with E-state index >= 15 is 0 Å². The molecule has 2 heterocycles. The fraction of sp³-hybridized carbons (Fsp3) is 0.719. The van der Waals surface area contributed by atoms with Crippen molar-refractivity contribution in [1.82, 2.24) is 25.3 Å². The normalized spacial score (nSPS) is 18.4. The van der Waals surface area contributed by atoms with Crippen LogP contribution in [0.3, 0.4) is 0 Å². The van der Waals surface area contributed by atoms with Crippen LogP contribution < -0.4 is 10.6 Å². The molecule has 2 atom stereocenters. The summed E-state index contributed by atoms with van der Waals surface area (Å²) >= 11 is 0. The third-order valence-corrected chi connectivity index (χ3v) is 8.10. The maximum Gasteiger partial charge on any atom is 0.264 e. The fourth-order valence-electron chi connectivity index (χ4n) is 5.82. The Morgan fingerprint density at radius 1 is 0.936 bits per heavy atom. The molecule has 1 radical (unpaired) electrons. The van der Waals surface area contributed by atoms with Crippen LogP contribution in [0.25, 0.3) is 6.08 Å². The molecule has 1 saturated carbocycles. The van der Waals surface area contributed by atoms with Crippen LogP contribution in [0.5, 0.6) is 0 Å². The van der Waals surface area contributed by atoms with Gasteiger partial charge >= 0.3 is 0 Å². The number of carbonyl (C=O) groups excluding carboxylic acids is 3. The Bertz CT molecular complexity index is 1120. The van der Waals surface area contributed by atoms with Crippen molar-refractivity contribution < 1.29 is 76.7 Å². The van der Waals surface area contributed by atoms with Crippen LogP contribution in [0.4, 0.5) is 0 Å². The number of aryl methyl sites for hydroxylation is 1. The van der Waals surface area contributed by atoms with Crippen LogP contribution in [0, 0.1) is 67.7 Å². The molecule has 14 nitrogen and oxygen atoms in total. The van der Waals surface area contributed by atoms with Crippen LogP contribution in [0.2, 0.25) is 0 Å². The second-order valence-corrected chi connectivity index (χ2v) is 11.3. The molecule has 265 valence electrons. The van der Waals surface area contributed by atoms with Crippen molar-refractivity contribution in [2.75, 3.05) is 92.2 Å². The summed E-state index contributed by atoms with van der Waals surface area (Å²) in [6.45, 7) is 5.86. The van der Waals surface area contributed by atoms with Crippen molar-refractivity contribution in [1.29, 1.82) is 5.26 Å². The van der Waals surface area contributed by atoms with Crippen molar-refractivity contribution in [2.45, 2.75) is 32.1 Å². The molecule has 3 amide bonds. The van der Waals surface area contributed by atoms with Gasteiger partial charge in [0.05, 0.1) is 77.7 Å². The molecule has 1 aromatic heterocycles. The number of hydrogen-bond acceptors (Lipinski definition) is 10. The smallest absolute Gasteiger partial charge is 0.264 e. The van der Waals surface area contributed by atoms with Crippen LogP contribution >= 0.6 is 0 Å². The van der Waals surface area contributed by atoms with Gasteiger partial charge in [0.1, 0.15) is 11.6 Å². The zero-order valence-electron chi connectivity index (χ0n) is 27.3. The van der Waals surface area contributed by atoms with Gasteiger partial charge in [-0.3, -0.25) is 14.3 Å². The van der Waals surface area contributed by atoms with Gasteiger partial charge in [-0.15, -0.1) is 0 Å². The van der Waals surface area contributed by atoms with Crippen molar-refractivity contribution in [2.24, 2.45) is 24.8 Å². The third kappa shape index (κ3) is 15.8. The van der Waals surface area contributed by atoms with Crippen LogP contribution in [0.15, 0.2) is 17.8 Å². The average Bonchev–Trinajstić information content (AvgIpc) is 3.71. The molecular formula is C32H49N6O8Tb-. The van der Waals surface area contributed by atoms with E-state index < -0.39 is 0 Å². The first kappa shape index (κ1) is 41.1. The SMILES string of the molecule is Cn1ccc(/C=C(\C#N)C(=O)N2C[C@@H](C(=O)NCCOCCOCCOCCOCCOCCN[C-]=O)[C@H](C3CCCCC3)C2)n1.[Tb]. The molecule has 2 N–H and O–H groups in total. The van der Waals surface area contributed by atoms with Crippen molar-refractivity contribution >= 4 is 24.3 Å². The summed E-state index contributed by atoms with van der Waals surface area (Å²) in [5, 5.41) is 19.4. The van der Waals surface area contributed by atoms with Gasteiger partial charge in [0, 0.05) is 78.0 Å². The van der Waals surface area contributed by atoms with Gasteiger partial charge in [0.15, 0.2) is 0 Å². The first-order valence-electron chi connectivity index (χ1n) is 16.2. The predicted molar refractivity (Wildman–Crippen MR) is 168 cm³/mol. The monoisotopic (exact) mass is 804 g/mol. The second kappa shape index (κ2) is 25.0. The van der Waals surface area contributed by atoms with Crippen molar-refractivity contribution in [3.63, 3.8) is 0 Å². The Balaban J connectivity index is 0.00000768. The Morgan fingerprint density at radius 3 is 2.04 bits per heavy atom. The van der Waals surface area contributed by atoms with E-state index in [9.17, 15) is 19.6 Å². The van der Waals surface area contributed by atoms with Gasteiger partial charge in [0.25, 0.3) is 5.91 Å². The predicted octanol–water partition coefficient (Wildman–Crippen LogP) is 0.838. The Hall–Kier alpha value is -2.06. The number of nitrogens with zero attached hydrogens (tertiary/aromatic N) is 4. The largest absolute Gasteiger partial charge is 0.528 e. The van der Waals surface area contributed by atoms with Gasteiger partial charge in [-0.05, 0) is 24.0 Å². The molecule has 0 bridgehead atoms. The number of ether oxygens (including phenoxy) is 5. The summed E-state index contributed by atoms with van der Waals surface area (Å²) in [6.07, 6.45) is 10.5.